The monoisotopic (exact) mass is 532 g/mol. The van der Waals surface area contributed by atoms with Gasteiger partial charge in [0.2, 0.25) is 18.4 Å². The molecule has 2 aromatic carbocycles. The van der Waals surface area contributed by atoms with E-state index in [2.05, 4.69) is 21.8 Å². The summed E-state index contributed by atoms with van der Waals surface area (Å²) < 4.78 is 10.6. The summed E-state index contributed by atoms with van der Waals surface area (Å²) in [6.07, 6.45) is 5.47. The Kier molecular flexibility index (Phi) is 7.89. The second kappa shape index (κ2) is 11.6. The topological polar surface area (TPSA) is 97.4 Å². The molecule has 1 N–H and O–H groups in total. The fraction of sp³-hybridized carbons (Fsp3) is 0.310. The van der Waals surface area contributed by atoms with Crippen molar-refractivity contribution < 1.29 is 19.1 Å². The minimum absolute atomic E-state index is 0.132. The number of hydrogen-bond donors (Lipinski definition) is 1. The maximum absolute atomic E-state index is 12.5. The quantitative estimate of drug-likeness (QED) is 0.131. The van der Waals surface area contributed by atoms with Crippen molar-refractivity contribution >= 4 is 40.0 Å². The number of aromatic nitrogens is 3. The third-order valence-corrected chi connectivity index (χ3v) is 6.74. The predicted octanol–water partition coefficient (Wildman–Crippen LogP) is 6.24. The first kappa shape index (κ1) is 25.7. The number of hydrogen-bond acceptors (Lipinski definition) is 7. The first-order valence-electron chi connectivity index (χ1n) is 12.9. The average molecular weight is 533 g/mol. The summed E-state index contributed by atoms with van der Waals surface area (Å²) in [6, 6.07) is 14.5. The summed E-state index contributed by atoms with van der Waals surface area (Å²) in [5.41, 5.74) is 3.00. The van der Waals surface area contributed by atoms with Gasteiger partial charge >= 0.3 is 0 Å². The third kappa shape index (κ3) is 5.81. The Morgan fingerprint density at radius 1 is 1.00 bits per heavy atom. The van der Waals surface area contributed by atoms with E-state index in [-0.39, 0.29) is 19.0 Å². The molecule has 0 aliphatic carbocycles. The van der Waals surface area contributed by atoms with Crippen LogP contribution in [0.15, 0.2) is 54.7 Å². The summed E-state index contributed by atoms with van der Waals surface area (Å²) in [7, 11) is 0. The zero-order valence-electron chi connectivity index (χ0n) is 21.2. The van der Waals surface area contributed by atoms with Gasteiger partial charge in [0.25, 0.3) is 0 Å². The highest BCUT2D eigenvalue weighted by atomic mass is 35.5. The molecule has 0 spiro atoms. The van der Waals surface area contributed by atoms with Crippen LogP contribution in [0, 0.1) is 0 Å². The molecule has 4 aromatic rings. The molecule has 0 radical (unpaired) electrons. The van der Waals surface area contributed by atoms with E-state index in [1.54, 1.807) is 18.2 Å². The van der Waals surface area contributed by atoms with Gasteiger partial charge in [0.1, 0.15) is 11.6 Å². The second-order valence-electron chi connectivity index (χ2n) is 9.27. The van der Waals surface area contributed by atoms with Gasteiger partial charge in [0.15, 0.2) is 11.5 Å². The van der Waals surface area contributed by atoms with Gasteiger partial charge in [-0.25, -0.2) is 9.97 Å². The molecule has 1 aliphatic rings. The van der Waals surface area contributed by atoms with Crippen LogP contribution in [0.3, 0.4) is 0 Å². The first-order valence-corrected chi connectivity index (χ1v) is 13.2. The van der Waals surface area contributed by atoms with E-state index in [0.717, 1.165) is 60.6 Å². The molecule has 0 amide bonds. The van der Waals surface area contributed by atoms with Gasteiger partial charge < -0.3 is 19.4 Å². The highest BCUT2D eigenvalue weighted by molar-refractivity contribution is 6.43. The molecule has 0 fully saturated rings. The number of anilines is 1. The summed E-state index contributed by atoms with van der Waals surface area (Å²) in [5, 5.41) is 0.664. The van der Waals surface area contributed by atoms with Gasteiger partial charge in [0, 0.05) is 41.9 Å². The zero-order valence-corrected chi connectivity index (χ0v) is 22.0. The number of nitrogens with zero attached hydrogens (tertiary/aromatic N) is 3. The molecule has 0 unspecified atom stereocenters. The second-order valence-corrected chi connectivity index (χ2v) is 9.71. The van der Waals surface area contributed by atoms with Crippen LogP contribution in [0.2, 0.25) is 5.02 Å². The molecule has 0 bridgehead atoms. The Balaban J connectivity index is 1.11. The van der Waals surface area contributed by atoms with Crippen LogP contribution in [0.5, 0.6) is 11.5 Å². The van der Waals surface area contributed by atoms with E-state index in [9.17, 15) is 9.59 Å². The summed E-state index contributed by atoms with van der Waals surface area (Å²) >= 11 is 6.09. The minimum atomic E-state index is -0.479. The summed E-state index contributed by atoms with van der Waals surface area (Å²) in [5.74, 6) is 1.90. The maximum atomic E-state index is 12.5. The Bertz CT molecular complexity index is 1450. The molecule has 8 nitrogen and oxygen atoms in total. The van der Waals surface area contributed by atoms with Crippen LogP contribution in [0.25, 0.3) is 22.4 Å². The van der Waals surface area contributed by atoms with Crippen molar-refractivity contribution in [3.63, 3.8) is 0 Å². The van der Waals surface area contributed by atoms with Crippen molar-refractivity contribution in [2.45, 2.75) is 39.0 Å². The van der Waals surface area contributed by atoms with E-state index in [1.165, 1.54) is 0 Å². The Morgan fingerprint density at radius 2 is 1.87 bits per heavy atom. The minimum Gasteiger partial charge on any atom is -0.454 e. The zero-order chi connectivity index (χ0) is 26.5. The number of unbranched alkanes of at least 4 members (excludes halogenated alkanes) is 2. The highest BCUT2D eigenvalue weighted by Crippen LogP contribution is 2.32. The number of fused-ring (bicyclic) bond motifs is 2. The van der Waals surface area contributed by atoms with E-state index < -0.39 is 5.78 Å². The number of halogens is 1. The maximum Gasteiger partial charge on any atom is 0.231 e. The third-order valence-electron chi connectivity index (χ3n) is 6.50. The van der Waals surface area contributed by atoms with Crippen molar-refractivity contribution in [1.82, 2.24) is 15.0 Å². The van der Waals surface area contributed by atoms with Gasteiger partial charge in [-0.1, -0.05) is 24.9 Å². The van der Waals surface area contributed by atoms with E-state index >= 15 is 0 Å². The molecule has 2 aromatic heterocycles. The Hall–Kier alpha value is -3.91. The number of ether oxygens (including phenoxy) is 2. The molecule has 196 valence electrons. The number of carbonyl (C=O) groups is 2. The smallest absolute Gasteiger partial charge is 0.231 e. The SMILES string of the molecule is CCCN(CCCCCC(=O)C(=O)c1ccc2c(c1)OCO2)c1ccc(-c2nc3ccc(Cl)cc3[nH]2)cn1. The van der Waals surface area contributed by atoms with Crippen molar-refractivity contribution in [3.05, 3.63) is 65.3 Å². The molecule has 9 heteroatoms. The number of imidazole rings is 1. The lowest BCUT2D eigenvalue weighted by Gasteiger charge is -2.23. The molecule has 5 rings (SSSR count). The van der Waals surface area contributed by atoms with Crippen molar-refractivity contribution in [1.29, 1.82) is 0 Å². The first-order chi connectivity index (χ1) is 18.5. The number of nitrogens with one attached hydrogen (secondary N) is 1. The summed E-state index contributed by atoms with van der Waals surface area (Å²) in [4.78, 5) is 39.8. The van der Waals surface area contributed by atoms with Gasteiger partial charge in [-0.2, -0.15) is 0 Å². The number of Topliss-reactive ketones (excluding diaryl/α,β-unsaturated/α-hetero) is 2. The number of rotatable bonds is 12. The summed E-state index contributed by atoms with van der Waals surface area (Å²) in [6.45, 7) is 3.98. The number of H-pyrrole nitrogens is 1. The molecule has 0 saturated carbocycles. The molecule has 0 atom stereocenters. The molecular weight excluding hydrogens is 504 g/mol. The number of ketones is 2. The fourth-order valence-electron chi connectivity index (χ4n) is 4.52. The van der Waals surface area contributed by atoms with Crippen molar-refractivity contribution in [2.75, 3.05) is 24.8 Å². The van der Waals surface area contributed by atoms with E-state index in [0.29, 0.717) is 28.5 Å². The highest BCUT2D eigenvalue weighted by Gasteiger charge is 2.20. The fourth-order valence-corrected chi connectivity index (χ4v) is 4.69. The lowest BCUT2D eigenvalue weighted by atomic mass is 10.0. The lowest BCUT2D eigenvalue weighted by molar-refractivity contribution is -0.115. The number of aromatic amines is 1. The lowest BCUT2D eigenvalue weighted by Crippen LogP contribution is -2.26. The molecule has 1 aliphatic heterocycles. The number of carbonyl (C=O) groups excluding carboxylic acids is 2. The van der Waals surface area contributed by atoms with Crippen LogP contribution in [0.1, 0.15) is 49.4 Å². The van der Waals surface area contributed by atoms with Crippen LogP contribution in [-0.4, -0.2) is 46.4 Å². The van der Waals surface area contributed by atoms with E-state index in [4.69, 9.17) is 26.1 Å². The largest absolute Gasteiger partial charge is 0.454 e. The molecule has 3 heterocycles. The van der Waals surface area contributed by atoms with Crippen LogP contribution < -0.4 is 14.4 Å². The average Bonchev–Trinajstić information content (AvgIpc) is 3.58. The molecular formula is C29H29ClN4O4. The Labute approximate surface area is 225 Å². The van der Waals surface area contributed by atoms with Crippen LogP contribution in [0.4, 0.5) is 5.82 Å². The number of benzene rings is 2. The van der Waals surface area contributed by atoms with Crippen molar-refractivity contribution in [2.24, 2.45) is 0 Å². The molecule has 38 heavy (non-hydrogen) atoms. The number of pyridine rings is 1. The van der Waals surface area contributed by atoms with Gasteiger partial charge in [-0.05, 0) is 67.8 Å². The standard InChI is InChI=1S/C29H29ClN4O4/c1-2-13-34(27-12-8-20(17-31-27)29-32-22-10-9-21(30)16-23(22)33-29)14-5-3-4-6-24(35)28(36)19-7-11-25-26(15-19)38-18-37-25/h7-12,15-17H,2-6,13-14,18H2,1H3,(H,32,33). The van der Waals surface area contributed by atoms with Gasteiger partial charge in [-0.15, -0.1) is 0 Å². The van der Waals surface area contributed by atoms with Crippen LogP contribution in [-0.2, 0) is 4.79 Å². The van der Waals surface area contributed by atoms with Crippen molar-refractivity contribution in [3.8, 4) is 22.9 Å². The van der Waals surface area contributed by atoms with Gasteiger partial charge in [-0.3, -0.25) is 9.59 Å². The van der Waals surface area contributed by atoms with Gasteiger partial charge in [0.05, 0.1) is 11.0 Å². The molecule has 0 saturated heterocycles. The van der Waals surface area contributed by atoms with Crippen LogP contribution >= 0.6 is 11.6 Å². The predicted molar refractivity (Wildman–Crippen MR) is 147 cm³/mol. The van der Waals surface area contributed by atoms with E-state index in [1.807, 2.05) is 36.5 Å². The normalized spacial score (nSPS) is 12.2. The Morgan fingerprint density at radius 3 is 2.68 bits per heavy atom.